The van der Waals surface area contributed by atoms with Crippen molar-refractivity contribution in [2.24, 2.45) is 0 Å². The van der Waals surface area contributed by atoms with Gasteiger partial charge in [-0.3, -0.25) is 4.79 Å². The number of carboxylic acids is 1. The summed E-state index contributed by atoms with van der Waals surface area (Å²) in [5.74, 6) is -0.802. The molecule has 3 heteroatoms. The van der Waals surface area contributed by atoms with Crippen LogP contribution >= 0.6 is 0 Å². The highest BCUT2D eigenvalue weighted by Gasteiger charge is 2.14. The molecule has 1 N–H and O–H groups in total. The Bertz CT molecular complexity index is 131. The van der Waals surface area contributed by atoms with Crippen molar-refractivity contribution >= 4 is 5.97 Å². The van der Waals surface area contributed by atoms with Gasteiger partial charge >= 0.3 is 5.97 Å². The Morgan fingerprint density at radius 3 is 3.11 bits per heavy atom. The largest absolute Gasteiger partial charge is 0.497 e. The van der Waals surface area contributed by atoms with E-state index in [-0.39, 0.29) is 12.5 Å². The minimum atomic E-state index is -0.802. The minimum Gasteiger partial charge on any atom is -0.497 e. The maximum Gasteiger partial charge on any atom is 0.307 e. The van der Waals surface area contributed by atoms with Crippen LogP contribution < -0.4 is 0 Å². The monoisotopic (exact) mass is 128 g/mol. The van der Waals surface area contributed by atoms with E-state index in [2.05, 4.69) is 0 Å². The molecule has 0 bridgehead atoms. The molecule has 0 fully saturated rings. The molecule has 1 aliphatic heterocycles. The van der Waals surface area contributed by atoms with Crippen LogP contribution in [0.2, 0.25) is 0 Å². The Kier molecular flexibility index (Phi) is 1.72. The lowest BCUT2D eigenvalue weighted by molar-refractivity contribution is -0.139. The van der Waals surface area contributed by atoms with Crippen LogP contribution in [0.3, 0.4) is 0 Å². The fourth-order valence-corrected chi connectivity index (χ4v) is 0.756. The van der Waals surface area contributed by atoms with Gasteiger partial charge in [0.25, 0.3) is 0 Å². The third-order valence-electron chi connectivity index (χ3n) is 1.17. The van der Waals surface area contributed by atoms with Gasteiger partial charge < -0.3 is 9.84 Å². The van der Waals surface area contributed by atoms with E-state index in [9.17, 15) is 4.79 Å². The molecule has 0 spiro atoms. The van der Waals surface area contributed by atoms with Gasteiger partial charge in [-0.1, -0.05) is 0 Å². The molecule has 0 aliphatic carbocycles. The molecule has 0 saturated heterocycles. The van der Waals surface area contributed by atoms with E-state index < -0.39 is 5.97 Å². The number of rotatable bonds is 2. The van der Waals surface area contributed by atoms with Gasteiger partial charge in [0.15, 0.2) is 0 Å². The van der Waals surface area contributed by atoms with Crippen LogP contribution in [0.4, 0.5) is 0 Å². The average Bonchev–Trinajstić information content (AvgIpc) is 2.15. The Balaban J connectivity index is 2.22. The smallest absolute Gasteiger partial charge is 0.307 e. The Hall–Kier alpha value is -0.990. The fourth-order valence-electron chi connectivity index (χ4n) is 0.756. The number of carboxylic acid groups (broad SMARTS) is 1. The topological polar surface area (TPSA) is 46.5 Å². The molecule has 1 unspecified atom stereocenters. The molecule has 0 amide bonds. The molecule has 0 saturated carbocycles. The maximum absolute atomic E-state index is 10.0. The van der Waals surface area contributed by atoms with Crippen LogP contribution in [0.15, 0.2) is 12.3 Å². The highest BCUT2D eigenvalue weighted by molar-refractivity contribution is 5.67. The summed E-state index contributed by atoms with van der Waals surface area (Å²) in [5, 5.41) is 8.27. The summed E-state index contributed by atoms with van der Waals surface area (Å²) in [6.07, 6.45) is 4.09. The Morgan fingerprint density at radius 1 is 1.89 bits per heavy atom. The third-order valence-corrected chi connectivity index (χ3v) is 1.17. The first kappa shape index (κ1) is 6.13. The third kappa shape index (κ3) is 1.76. The summed E-state index contributed by atoms with van der Waals surface area (Å²) in [6.45, 7) is 0. The fraction of sp³-hybridized carbons (Fsp3) is 0.500. The van der Waals surface area contributed by atoms with Crippen molar-refractivity contribution in [3.8, 4) is 0 Å². The van der Waals surface area contributed by atoms with E-state index >= 15 is 0 Å². The summed E-state index contributed by atoms with van der Waals surface area (Å²) in [7, 11) is 0. The van der Waals surface area contributed by atoms with Crippen molar-refractivity contribution in [3.63, 3.8) is 0 Å². The second kappa shape index (κ2) is 2.53. The van der Waals surface area contributed by atoms with Gasteiger partial charge in [-0.15, -0.1) is 0 Å². The summed E-state index contributed by atoms with van der Waals surface area (Å²) >= 11 is 0. The van der Waals surface area contributed by atoms with Gasteiger partial charge in [-0.25, -0.2) is 0 Å². The molecule has 0 aromatic carbocycles. The summed E-state index contributed by atoms with van der Waals surface area (Å²) in [5.41, 5.74) is 0. The van der Waals surface area contributed by atoms with Gasteiger partial charge in [0.2, 0.25) is 0 Å². The van der Waals surface area contributed by atoms with Gasteiger partial charge in [0.1, 0.15) is 6.10 Å². The number of carbonyl (C=O) groups is 1. The van der Waals surface area contributed by atoms with Gasteiger partial charge in [-0.05, 0) is 6.08 Å². The predicted octanol–water partition coefficient (Wildman–Crippen LogP) is 0.764. The molecular weight excluding hydrogens is 120 g/mol. The zero-order chi connectivity index (χ0) is 6.69. The van der Waals surface area contributed by atoms with Crippen molar-refractivity contribution in [2.75, 3.05) is 0 Å². The first-order chi connectivity index (χ1) is 4.29. The molecule has 0 aromatic heterocycles. The van der Waals surface area contributed by atoms with Crippen molar-refractivity contribution in [2.45, 2.75) is 18.9 Å². The van der Waals surface area contributed by atoms with Crippen LogP contribution in [-0.4, -0.2) is 17.2 Å². The standard InChI is InChI=1S/C6H8O3/c7-6(8)4-5-2-1-3-9-5/h1,3,5H,2,4H2,(H,7,8). The maximum atomic E-state index is 10.0. The lowest BCUT2D eigenvalue weighted by Crippen LogP contribution is -2.10. The van der Waals surface area contributed by atoms with Gasteiger partial charge in [-0.2, -0.15) is 0 Å². The first-order valence-corrected chi connectivity index (χ1v) is 2.81. The number of hydrogen-bond acceptors (Lipinski definition) is 2. The first-order valence-electron chi connectivity index (χ1n) is 2.81. The molecule has 0 aromatic rings. The van der Waals surface area contributed by atoms with Crippen molar-refractivity contribution in [1.29, 1.82) is 0 Å². The zero-order valence-electron chi connectivity index (χ0n) is 4.91. The van der Waals surface area contributed by atoms with Crippen LogP contribution in [0.1, 0.15) is 12.8 Å². The Labute approximate surface area is 52.9 Å². The molecule has 9 heavy (non-hydrogen) atoms. The van der Waals surface area contributed by atoms with Crippen LogP contribution in [-0.2, 0) is 9.53 Å². The van der Waals surface area contributed by atoms with Gasteiger partial charge in [0, 0.05) is 6.42 Å². The molecule has 3 nitrogen and oxygen atoms in total. The highest BCUT2D eigenvalue weighted by Crippen LogP contribution is 2.11. The molecule has 1 aliphatic rings. The van der Waals surface area contributed by atoms with E-state index in [1.54, 1.807) is 6.26 Å². The number of aliphatic carboxylic acids is 1. The molecule has 50 valence electrons. The SMILES string of the molecule is O=C(O)CC1CC=CO1. The van der Waals surface area contributed by atoms with E-state index in [1.165, 1.54) is 0 Å². The van der Waals surface area contributed by atoms with Gasteiger partial charge in [0.05, 0.1) is 12.7 Å². The normalized spacial score (nSPS) is 23.8. The van der Waals surface area contributed by atoms with E-state index in [0.29, 0.717) is 0 Å². The second-order valence-corrected chi connectivity index (χ2v) is 1.96. The van der Waals surface area contributed by atoms with E-state index in [1.807, 2.05) is 6.08 Å². The average molecular weight is 128 g/mol. The van der Waals surface area contributed by atoms with Crippen molar-refractivity contribution in [3.05, 3.63) is 12.3 Å². The minimum absolute atomic E-state index is 0.104. The molecule has 1 rings (SSSR count). The lowest BCUT2D eigenvalue weighted by atomic mass is 10.2. The Morgan fingerprint density at radius 2 is 2.67 bits per heavy atom. The number of hydrogen-bond donors (Lipinski definition) is 1. The number of ether oxygens (including phenoxy) is 1. The quantitative estimate of drug-likeness (QED) is 0.597. The summed E-state index contributed by atoms with van der Waals surface area (Å²) in [6, 6.07) is 0. The molecular formula is C6H8O3. The second-order valence-electron chi connectivity index (χ2n) is 1.96. The molecule has 1 atom stereocenters. The van der Waals surface area contributed by atoms with Crippen molar-refractivity contribution < 1.29 is 14.6 Å². The van der Waals surface area contributed by atoms with E-state index in [0.717, 1.165) is 6.42 Å². The molecule has 0 radical (unpaired) electrons. The molecule has 1 heterocycles. The van der Waals surface area contributed by atoms with E-state index in [4.69, 9.17) is 9.84 Å². The summed E-state index contributed by atoms with van der Waals surface area (Å²) in [4.78, 5) is 10.0. The summed E-state index contributed by atoms with van der Waals surface area (Å²) < 4.78 is 4.90. The van der Waals surface area contributed by atoms with Crippen molar-refractivity contribution in [1.82, 2.24) is 0 Å². The van der Waals surface area contributed by atoms with Crippen LogP contribution in [0, 0.1) is 0 Å². The van der Waals surface area contributed by atoms with Crippen LogP contribution in [0.25, 0.3) is 0 Å². The van der Waals surface area contributed by atoms with Crippen LogP contribution in [0.5, 0.6) is 0 Å². The predicted molar refractivity (Wildman–Crippen MR) is 30.9 cm³/mol. The highest BCUT2D eigenvalue weighted by atomic mass is 16.5. The lowest BCUT2D eigenvalue weighted by Gasteiger charge is -2.04. The zero-order valence-corrected chi connectivity index (χ0v) is 4.91.